The first-order valence-corrected chi connectivity index (χ1v) is 9.58. The van der Waals surface area contributed by atoms with Gasteiger partial charge >= 0.3 is 0 Å². The van der Waals surface area contributed by atoms with Gasteiger partial charge in [0.1, 0.15) is 0 Å². The van der Waals surface area contributed by atoms with Crippen molar-refractivity contribution in [2.24, 2.45) is 0 Å². The van der Waals surface area contributed by atoms with Gasteiger partial charge in [0, 0.05) is 19.9 Å². The summed E-state index contributed by atoms with van der Waals surface area (Å²) in [4.78, 5) is 28.9. The molecule has 1 amide bonds. The molecule has 2 aromatic carbocycles. The number of rotatable bonds is 3. The van der Waals surface area contributed by atoms with E-state index in [0.29, 0.717) is 15.9 Å². The highest BCUT2D eigenvalue weighted by Crippen LogP contribution is 2.26. The number of nitrogens with zero attached hydrogens (tertiary/aromatic N) is 2. The van der Waals surface area contributed by atoms with E-state index >= 15 is 0 Å². The van der Waals surface area contributed by atoms with Gasteiger partial charge in [-0.25, -0.2) is 10.1 Å². The van der Waals surface area contributed by atoms with Crippen molar-refractivity contribution in [3.63, 3.8) is 0 Å². The van der Waals surface area contributed by atoms with E-state index in [-0.39, 0.29) is 11.3 Å². The molecule has 0 spiro atoms. The van der Waals surface area contributed by atoms with Crippen LogP contribution in [0.3, 0.4) is 0 Å². The third-order valence-electron chi connectivity index (χ3n) is 3.78. The average Bonchev–Trinajstić information content (AvgIpc) is 3.11. The van der Waals surface area contributed by atoms with Gasteiger partial charge in [0.15, 0.2) is 10.8 Å². The number of amides is 1. The second-order valence-electron chi connectivity index (χ2n) is 5.45. The number of fused-ring (bicyclic) bond motifs is 1. The second kappa shape index (κ2) is 6.96. The topological polar surface area (TPSA) is 87.7 Å². The summed E-state index contributed by atoms with van der Waals surface area (Å²) in [5.74, 6) is -0.416. The van der Waals surface area contributed by atoms with E-state index in [1.54, 1.807) is 24.3 Å². The lowest BCUT2D eigenvalue weighted by molar-refractivity contribution is 0.102. The minimum atomic E-state index is -0.416. The summed E-state index contributed by atoms with van der Waals surface area (Å²) < 4.78 is 1.14. The van der Waals surface area contributed by atoms with Crippen LogP contribution in [0.15, 0.2) is 58.7 Å². The third kappa shape index (κ3) is 3.25. The highest BCUT2D eigenvalue weighted by molar-refractivity contribution is 14.1. The molecule has 8 heteroatoms. The number of halogens is 1. The number of anilines is 1. The first-order chi connectivity index (χ1) is 12.6. The molecule has 26 heavy (non-hydrogen) atoms. The fourth-order valence-corrected chi connectivity index (χ4v) is 3.60. The summed E-state index contributed by atoms with van der Waals surface area (Å²) in [7, 11) is 0. The minimum Gasteiger partial charge on any atom is -0.296 e. The highest BCUT2D eigenvalue weighted by atomic mass is 127. The zero-order chi connectivity index (χ0) is 18.1. The van der Waals surface area contributed by atoms with Crippen LogP contribution in [0.1, 0.15) is 10.5 Å². The highest BCUT2D eigenvalue weighted by Gasteiger charge is 2.16. The Bertz CT molecular complexity index is 1170. The number of carbonyl (C=O) groups excluding carboxylic acids is 1. The maximum Gasteiger partial charge on any atom is 0.278 e. The number of H-pyrrole nitrogens is 1. The van der Waals surface area contributed by atoms with Crippen LogP contribution in [0.2, 0.25) is 0 Å². The van der Waals surface area contributed by atoms with E-state index in [0.717, 1.165) is 14.8 Å². The molecule has 0 fully saturated rings. The van der Waals surface area contributed by atoms with Crippen LogP contribution in [-0.4, -0.2) is 21.1 Å². The molecule has 0 atom stereocenters. The number of carbonyl (C=O) groups is 1. The molecule has 0 radical (unpaired) electrons. The number of thiazole rings is 1. The van der Waals surface area contributed by atoms with E-state index < -0.39 is 5.91 Å². The predicted octanol–water partition coefficient (Wildman–Crippen LogP) is 3.90. The summed E-state index contributed by atoms with van der Waals surface area (Å²) in [6.45, 7) is 0. The Labute approximate surface area is 165 Å². The molecule has 2 heterocycles. The lowest BCUT2D eigenvalue weighted by atomic mass is 10.1. The average molecular weight is 474 g/mol. The van der Waals surface area contributed by atoms with Crippen LogP contribution in [-0.2, 0) is 0 Å². The summed E-state index contributed by atoms with van der Waals surface area (Å²) in [6.07, 6.45) is 0. The summed E-state index contributed by atoms with van der Waals surface area (Å²) in [5, 5.41) is 12.3. The quantitative estimate of drug-likeness (QED) is 0.441. The van der Waals surface area contributed by atoms with E-state index in [1.807, 2.05) is 29.6 Å². The molecule has 128 valence electrons. The molecule has 0 saturated heterocycles. The fraction of sp³-hybridized carbons (Fsp3) is 0. The minimum absolute atomic E-state index is 0.159. The molecule has 0 aliphatic heterocycles. The van der Waals surface area contributed by atoms with E-state index in [9.17, 15) is 9.59 Å². The van der Waals surface area contributed by atoms with Gasteiger partial charge in [-0.1, -0.05) is 30.3 Å². The SMILES string of the molecule is O=C(Nc1nc(-c2ccc(I)cc2)cs1)c1n[nH]c(=O)c2ccccc12. The van der Waals surface area contributed by atoms with Crippen molar-refractivity contribution in [1.82, 2.24) is 15.2 Å². The van der Waals surface area contributed by atoms with Crippen molar-refractivity contribution < 1.29 is 4.79 Å². The van der Waals surface area contributed by atoms with Gasteiger partial charge in [0.2, 0.25) is 0 Å². The zero-order valence-corrected chi connectivity index (χ0v) is 16.2. The van der Waals surface area contributed by atoms with Crippen molar-refractivity contribution in [2.45, 2.75) is 0 Å². The Kier molecular flexibility index (Phi) is 4.51. The zero-order valence-electron chi connectivity index (χ0n) is 13.2. The molecular weight excluding hydrogens is 463 g/mol. The number of nitrogens with one attached hydrogen (secondary N) is 2. The molecular formula is C18H11IN4O2S. The molecule has 4 rings (SSSR count). The van der Waals surface area contributed by atoms with Gasteiger partial charge < -0.3 is 0 Å². The van der Waals surface area contributed by atoms with Gasteiger partial charge in [0.25, 0.3) is 11.5 Å². The van der Waals surface area contributed by atoms with Crippen molar-refractivity contribution in [3.05, 3.63) is 73.5 Å². The molecule has 0 aliphatic rings. The van der Waals surface area contributed by atoms with Crippen LogP contribution in [0.25, 0.3) is 22.0 Å². The van der Waals surface area contributed by atoms with Gasteiger partial charge in [-0.3, -0.25) is 14.9 Å². The van der Waals surface area contributed by atoms with Crippen molar-refractivity contribution >= 4 is 55.7 Å². The third-order valence-corrected chi connectivity index (χ3v) is 5.25. The van der Waals surface area contributed by atoms with Gasteiger partial charge in [-0.2, -0.15) is 5.10 Å². The standard InChI is InChI=1S/C18H11IN4O2S/c19-11-7-5-10(6-8-11)14-9-26-18(20-14)21-17(25)15-12-3-1-2-4-13(12)16(24)23-22-15/h1-9H,(H,23,24)(H,20,21,25). The number of hydrogen-bond acceptors (Lipinski definition) is 5. The summed E-state index contributed by atoms with van der Waals surface area (Å²) in [5.41, 5.74) is 1.61. The number of hydrogen-bond donors (Lipinski definition) is 2. The van der Waals surface area contributed by atoms with Crippen LogP contribution in [0.5, 0.6) is 0 Å². The van der Waals surface area contributed by atoms with Crippen LogP contribution >= 0.6 is 33.9 Å². The molecule has 0 unspecified atom stereocenters. The lowest BCUT2D eigenvalue weighted by Crippen LogP contribution is -2.19. The van der Waals surface area contributed by atoms with E-state index in [1.165, 1.54) is 11.3 Å². The monoisotopic (exact) mass is 474 g/mol. The van der Waals surface area contributed by atoms with Gasteiger partial charge in [-0.05, 0) is 40.8 Å². The molecule has 2 N–H and O–H groups in total. The van der Waals surface area contributed by atoms with Gasteiger partial charge in [-0.15, -0.1) is 11.3 Å². The first kappa shape index (κ1) is 16.9. The second-order valence-corrected chi connectivity index (χ2v) is 7.55. The normalized spacial score (nSPS) is 10.8. The van der Waals surface area contributed by atoms with Crippen molar-refractivity contribution in [3.8, 4) is 11.3 Å². The Morgan fingerprint density at radius 1 is 1.08 bits per heavy atom. The molecule has 6 nitrogen and oxygen atoms in total. The largest absolute Gasteiger partial charge is 0.296 e. The fourth-order valence-electron chi connectivity index (χ4n) is 2.53. The summed E-state index contributed by atoms with van der Waals surface area (Å²) in [6, 6.07) is 14.8. The van der Waals surface area contributed by atoms with E-state index in [4.69, 9.17) is 0 Å². The maximum absolute atomic E-state index is 12.6. The van der Waals surface area contributed by atoms with Crippen LogP contribution in [0.4, 0.5) is 5.13 Å². The van der Waals surface area contributed by atoms with Crippen molar-refractivity contribution in [2.75, 3.05) is 5.32 Å². The van der Waals surface area contributed by atoms with Crippen LogP contribution < -0.4 is 10.9 Å². The Morgan fingerprint density at radius 3 is 2.58 bits per heavy atom. The molecule has 0 aliphatic carbocycles. The Hall–Kier alpha value is -2.59. The van der Waals surface area contributed by atoms with Crippen molar-refractivity contribution in [1.29, 1.82) is 0 Å². The van der Waals surface area contributed by atoms with E-state index in [2.05, 4.69) is 43.1 Å². The number of aromatic nitrogens is 3. The number of aromatic amines is 1. The molecule has 0 bridgehead atoms. The molecule has 4 aromatic rings. The van der Waals surface area contributed by atoms with Crippen LogP contribution in [0, 0.1) is 3.57 Å². The predicted molar refractivity (Wildman–Crippen MR) is 111 cm³/mol. The molecule has 0 saturated carbocycles. The summed E-state index contributed by atoms with van der Waals surface area (Å²) >= 11 is 3.58. The lowest BCUT2D eigenvalue weighted by Gasteiger charge is -2.04. The number of benzene rings is 2. The Morgan fingerprint density at radius 2 is 1.81 bits per heavy atom. The van der Waals surface area contributed by atoms with Gasteiger partial charge in [0.05, 0.1) is 11.1 Å². The maximum atomic E-state index is 12.6. The molecule has 2 aromatic heterocycles. The smallest absolute Gasteiger partial charge is 0.278 e. The Balaban J connectivity index is 1.63. The first-order valence-electron chi connectivity index (χ1n) is 7.62.